The van der Waals surface area contributed by atoms with Crippen molar-refractivity contribution in [2.45, 2.75) is 124 Å². The van der Waals surface area contributed by atoms with Crippen molar-refractivity contribution in [2.75, 3.05) is 0 Å². The maximum atomic E-state index is 4.91. The van der Waals surface area contributed by atoms with E-state index in [0.717, 1.165) is 24.8 Å². The fourth-order valence-corrected chi connectivity index (χ4v) is 6.55. The highest BCUT2D eigenvalue weighted by Crippen LogP contribution is 2.57. The Hall–Kier alpha value is -3.12. The molecule has 228 valence electrons. The van der Waals surface area contributed by atoms with Gasteiger partial charge < -0.3 is 0 Å². The number of hydrogen-bond donors (Lipinski definition) is 0. The molecule has 1 aliphatic carbocycles. The van der Waals surface area contributed by atoms with Gasteiger partial charge in [0, 0.05) is 0 Å². The van der Waals surface area contributed by atoms with Crippen LogP contribution in [0.5, 0.6) is 0 Å². The lowest BCUT2D eigenvalue weighted by Crippen LogP contribution is -2.30. The number of hydrogen-bond acceptors (Lipinski definition) is 0. The Morgan fingerprint density at radius 2 is 1.44 bits per heavy atom. The molecular formula is C43H56. The summed E-state index contributed by atoms with van der Waals surface area (Å²) in [7, 11) is 0. The maximum absolute atomic E-state index is 4.91. The summed E-state index contributed by atoms with van der Waals surface area (Å²) in [4.78, 5) is 0. The fourth-order valence-electron chi connectivity index (χ4n) is 6.55. The Labute approximate surface area is 264 Å². The van der Waals surface area contributed by atoms with E-state index >= 15 is 0 Å². The number of unbranched alkanes of at least 4 members (excludes halogenated alkanes) is 3. The molecule has 4 rings (SSSR count). The van der Waals surface area contributed by atoms with Crippen LogP contribution in [-0.4, -0.2) is 0 Å². The first-order valence-corrected chi connectivity index (χ1v) is 16.8. The van der Waals surface area contributed by atoms with Crippen LogP contribution in [0, 0.1) is 0 Å². The Morgan fingerprint density at radius 3 is 2.05 bits per heavy atom. The number of allylic oxidation sites excluding steroid dienone is 5. The molecule has 0 amide bonds. The molecule has 3 aromatic rings. The lowest BCUT2D eigenvalue weighted by Gasteiger charge is -2.36. The van der Waals surface area contributed by atoms with Crippen molar-refractivity contribution in [1.29, 1.82) is 0 Å². The number of rotatable bonds is 12. The summed E-state index contributed by atoms with van der Waals surface area (Å²) in [5, 5.41) is 0. The molecular weight excluding hydrogens is 516 g/mol. The average Bonchev–Trinajstić information content (AvgIpc) is 3.29. The lowest BCUT2D eigenvalue weighted by molar-refractivity contribution is 0.505. The highest BCUT2D eigenvalue weighted by molar-refractivity contribution is 5.87. The van der Waals surface area contributed by atoms with Gasteiger partial charge in [-0.15, -0.1) is 0 Å². The SMILES string of the molecule is C=C(C=CC=C(C)CC)C1(c2cccc(CCCCCC)c2)c2cc(C(C)(C)C)ccc2-c2ccc(C(C)(C)CC)cc21. The number of fused-ring (bicyclic) bond motifs is 3. The van der Waals surface area contributed by atoms with Crippen LogP contribution in [0.2, 0.25) is 0 Å². The van der Waals surface area contributed by atoms with Crippen molar-refractivity contribution < 1.29 is 0 Å². The second-order valence-corrected chi connectivity index (χ2v) is 14.5. The molecule has 0 heteroatoms. The van der Waals surface area contributed by atoms with Crippen LogP contribution in [0.4, 0.5) is 0 Å². The van der Waals surface area contributed by atoms with Gasteiger partial charge in [-0.3, -0.25) is 0 Å². The van der Waals surface area contributed by atoms with Crippen molar-refractivity contribution in [2.24, 2.45) is 0 Å². The van der Waals surface area contributed by atoms with Crippen molar-refractivity contribution >= 4 is 0 Å². The fraction of sp³-hybridized carbons (Fsp3) is 0.442. The molecule has 0 saturated heterocycles. The zero-order valence-corrected chi connectivity index (χ0v) is 28.7. The van der Waals surface area contributed by atoms with Crippen molar-refractivity contribution in [3.8, 4) is 11.1 Å². The van der Waals surface area contributed by atoms with Gasteiger partial charge in [0.2, 0.25) is 0 Å². The van der Waals surface area contributed by atoms with E-state index in [2.05, 4.69) is 141 Å². The van der Waals surface area contributed by atoms with Crippen molar-refractivity contribution in [1.82, 2.24) is 0 Å². The Balaban J connectivity index is 2.06. The molecule has 0 aromatic heterocycles. The van der Waals surface area contributed by atoms with E-state index in [9.17, 15) is 0 Å². The minimum absolute atomic E-state index is 0.0458. The van der Waals surface area contributed by atoms with Crippen LogP contribution in [0.1, 0.15) is 134 Å². The monoisotopic (exact) mass is 572 g/mol. The third-order valence-electron chi connectivity index (χ3n) is 10.1. The second-order valence-electron chi connectivity index (χ2n) is 14.5. The van der Waals surface area contributed by atoms with Crippen LogP contribution in [0.25, 0.3) is 11.1 Å². The maximum Gasteiger partial charge on any atom is 0.0708 e. The van der Waals surface area contributed by atoms with Crippen LogP contribution in [0.3, 0.4) is 0 Å². The third kappa shape index (κ3) is 6.55. The second kappa shape index (κ2) is 13.3. The van der Waals surface area contributed by atoms with Crippen molar-refractivity contribution in [3.05, 3.63) is 130 Å². The van der Waals surface area contributed by atoms with Gasteiger partial charge in [0.1, 0.15) is 0 Å². The molecule has 1 unspecified atom stereocenters. The van der Waals surface area contributed by atoms with E-state index in [1.807, 2.05) is 0 Å². The molecule has 0 spiro atoms. The quantitative estimate of drug-likeness (QED) is 0.150. The molecule has 0 bridgehead atoms. The summed E-state index contributed by atoms with van der Waals surface area (Å²) in [6, 6.07) is 24.0. The summed E-state index contributed by atoms with van der Waals surface area (Å²) in [5.41, 5.74) is 13.1. The van der Waals surface area contributed by atoms with Crippen LogP contribution in [0.15, 0.2) is 96.6 Å². The van der Waals surface area contributed by atoms with Gasteiger partial charge in [0.05, 0.1) is 5.41 Å². The molecule has 0 heterocycles. The molecule has 3 aromatic carbocycles. The first-order valence-electron chi connectivity index (χ1n) is 16.8. The predicted octanol–water partition coefficient (Wildman–Crippen LogP) is 12.6. The molecule has 0 saturated carbocycles. The van der Waals surface area contributed by atoms with E-state index in [1.54, 1.807) is 0 Å². The van der Waals surface area contributed by atoms with Gasteiger partial charge in [0.15, 0.2) is 0 Å². The Bertz CT molecular complexity index is 1500. The standard InChI is InChI=1S/C43H56/c1-11-14-15-16-21-33-22-18-23-36(28-33)43(32(5)20-17-19-31(4)12-2)39-29-34(41(6,7)8)24-26-37(39)38-27-25-35(30-40(38)43)42(9,10)13-3/h17-20,22-30H,5,11-16,21H2,1-4,6-10H3. The zero-order valence-electron chi connectivity index (χ0n) is 28.7. The first kappa shape index (κ1) is 32.8. The summed E-state index contributed by atoms with van der Waals surface area (Å²) >= 11 is 0. The highest BCUT2D eigenvalue weighted by Gasteiger charge is 2.47. The summed E-state index contributed by atoms with van der Waals surface area (Å²) < 4.78 is 0. The van der Waals surface area contributed by atoms with Gasteiger partial charge >= 0.3 is 0 Å². The lowest BCUT2D eigenvalue weighted by atomic mass is 9.65. The minimum Gasteiger partial charge on any atom is -0.0942 e. The molecule has 0 fully saturated rings. The van der Waals surface area contributed by atoms with Gasteiger partial charge in [-0.1, -0.05) is 166 Å². The van der Waals surface area contributed by atoms with E-state index in [1.165, 1.54) is 75.8 Å². The van der Waals surface area contributed by atoms with E-state index < -0.39 is 5.41 Å². The van der Waals surface area contributed by atoms with E-state index in [-0.39, 0.29) is 10.8 Å². The predicted molar refractivity (Wildman–Crippen MR) is 190 cm³/mol. The van der Waals surface area contributed by atoms with Gasteiger partial charge in [-0.05, 0) is 93.5 Å². The summed E-state index contributed by atoms with van der Waals surface area (Å²) in [5.74, 6) is 0. The molecule has 0 radical (unpaired) electrons. The molecule has 0 nitrogen and oxygen atoms in total. The number of benzene rings is 3. The summed E-state index contributed by atoms with van der Waals surface area (Å²) in [6.45, 7) is 25.6. The molecule has 0 N–H and O–H groups in total. The third-order valence-corrected chi connectivity index (χ3v) is 10.1. The zero-order chi connectivity index (χ0) is 31.4. The van der Waals surface area contributed by atoms with Crippen LogP contribution < -0.4 is 0 Å². The Kier molecular flexibility index (Phi) is 10.1. The van der Waals surface area contributed by atoms with E-state index in [0.29, 0.717) is 0 Å². The average molecular weight is 573 g/mol. The van der Waals surface area contributed by atoms with Gasteiger partial charge in [-0.2, -0.15) is 0 Å². The van der Waals surface area contributed by atoms with Crippen LogP contribution in [-0.2, 0) is 22.7 Å². The topological polar surface area (TPSA) is 0 Å². The normalized spacial score (nSPS) is 16.9. The van der Waals surface area contributed by atoms with Crippen LogP contribution >= 0.6 is 0 Å². The highest BCUT2D eigenvalue weighted by atomic mass is 14.5. The largest absolute Gasteiger partial charge is 0.0942 e. The number of aryl methyl sites for hydroxylation is 1. The van der Waals surface area contributed by atoms with Gasteiger partial charge in [0.25, 0.3) is 0 Å². The molecule has 43 heavy (non-hydrogen) atoms. The summed E-state index contributed by atoms with van der Waals surface area (Å²) in [6.07, 6.45) is 15.1. The smallest absolute Gasteiger partial charge is 0.0708 e. The van der Waals surface area contributed by atoms with E-state index in [4.69, 9.17) is 6.58 Å². The molecule has 0 aliphatic heterocycles. The molecule has 1 atom stereocenters. The minimum atomic E-state index is -0.463. The van der Waals surface area contributed by atoms with Crippen molar-refractivity contribution in [3.63, 3.8) is 0 Å². The molecule has 1 aliphatic rings. The Morgan fingerprint density at radius 1 is 0.791 bits per heavy atom. The first-order chi connectivity index (χ1) is 20.4. The van der Waals surface area contributed by atoms with Gasteiger partial charge in [-0.25, -0.2) is 0 Å².